The van der Waals surface area contributed by atoms with Gasteiger partial charge in [-0.15, -0.1) is 11.3 Å². The highest BCUT2D eigenvalue weighted by molar-refractivity contribution is 7.22. The van der Waals surface area contributed by atoms with Crippen LogP contribution in [-0.4, -0.2) is 26.8 Å². The largest absolute Gasteiger partial charge is 0.503 e. The van der Waals surface area contributed by atoms with Crippen LogP contribution in [0.5, 0.6) is 0 Å². The maximum Gasteiger partial charge on any atom is 0.296 e. The second-order valence-corrected chi connectivity index (χ2v) is 11.1. The average molecular weight is 560 g/mol. The van der Waals surface area contributed by atoms with Gasteiger partial charge in [-0.3, -0.25) is 14.5 Å². The lowest BCUT2D eigenvalue weighted by Crippen LogP contribution is -2.31. The Morgan fingerprint density at radius 2 is 1.74 bits per heavy atom. The third-order valence-corrected chi connectivity index (χ3v) is 8.65. The highest BCUT2D eigenvalue weighted by Gasteiger charge is 2.46. The van der Waals surface area contributed by atoms with E-state index in [0.717, 1.165) is 34.6 Å². The standard InChI is InChI=1S/C29H19F2N3O3S2/c1-14-7-6-10-17(11-14)23-21(24(35)26-15(2)32-27(39-26)16-8-4-3-5-9-16)25(36)28(37)34(23)29-33-22-19(31)12-18(30)13-20(22)38-29/h3-13,23,36H,1-2H3. The molecule has 1 unspecified atom stereocenters. The van der Waals surface area contributed by atoms with Crippen LogP contribution in [0, 0.1) is 25.5 Å². The van der Waals surface area contributed by atoms with E-state index in [1.807, 2.05) is 43.3 Å². The van der Waals surface area contributed by atoms with Crippen molar-refractivity contribution in [3.05, 3.63) is 111 Å². The number of thiazole rings is 2. The molecule has 1 amide bonds. The number of carbonyl (C=O) groups excluding carboxylic acids is 2. The summed E-state index contributed by atoms with van der Waals surface area (Å²) in [4.78, 5) is 37.8. The van der Waals surface area contributed by atoms with Gasteiger partial charge in [0.2, 0.25) is 5.78 Å². The highest BCUT2D eigenvalue weighted by Crippen LogP contribution is 2.45. The molecule has 1 atom stereocenters. The maximum atomic E-state index is 14.5. The molecule has 5 aromatic rings. The van der Waals surface area contributed by atoms with E-state index in [2.05, 4.69) is 9.97 Å². The second kappa shape index (κ2) is 9.48. The number of fused-ring (bicyclic) bond motifs is 1. The van der Waals surface area contributed by atoms with Gasteiger partial charge in [0.25, 0.3) is 5.91 Å². The predicted molar refractivity (Wildman–Crippen MR) is 147 cm³/mol. The van der Waals surface area contributed by atoms with Gasteiger partial charge in [-0.1, -0.05) is 71.5 Å². The van der Waals surface area contributed by atoms with Crippen LogP contribution in [0.15, 0.2) is 78.1 Å². The number of nitrogens with zero attached hydrogens (tertiary/aromatic N) is 3. The minimum absolute atomic E-state index is 0.0337. The summed E-state index contributed by atoms with van der Waals surface area (Å²) in [6.07, 6.45) is 0. The van der Waals surface area contributed by atoms with Crippen LogP contribution in [-0.2, 0) is 4.79 Å². The lowest BCUT2D eigenvalue weighted by atomic mass is 9.94. The molecule has 0 fully saturated rings. The Hall–Kier alpha value is -4.28. The number of amides is 1. The zero-order valence-corrected chi connectivity index (χ0v) is 22.2. The maximum absolute atomic E-state index is 14.5. The number of anilines is 1. The summed E-state index contributed by atoms with van der Waals surface area (Å²) in [5.41, 5.74) is 2.52. The summed E-state index contributed by atoms with van der Waals surface area (Å²) < 4.78 is 28.6. The van der Waals surface area contributed by atoms with Crippen LogP contribution in [0.1, 0.15) is 32.5 Å². The van der Waals surface area contributed by atoms with Gasteiger partial charge in [-0.25, -0.2) is 18.7 Å². The zero-order valence-electron chi connectivity index (χ0n) is 20.6. The topological polar surface area (TPSA) is 83.4 Å². The molecule has 0 radical (unpaired) electrons. The van der Waals surface area contributed by atoms with Gasteiger partial charge in [0.1, 0.15) is 16.3 Å². The molecule has 6 nitrogen and oxygen atoms in total. The summed E-state index contributed by atoms with van der Waals surface area (Å²) in [6, 6.07) is 17.4. The van der Waals surface area contributed by atoms with E-state index in [-0.39, 0.29) is 20.9 Å². The Balaban J connectivity index is 1.50. The molecule has 194 valence electrons. The summed E-state index contributed by atoms with van der Waals surface area (Å²) in [7, 11) is 0. The third kappa shape index (κ3) is 4.21. The molecular formula is C29H19F2N3O3S2. The van der Waals surface area contributed by atoms with Crippen molar-refractivity contribution in [3.8, 4) is 10.6 Å². The molecule has 0 aliphatic carbocycles. The molecule has 39 heavy (non-hydrogen) atoms. The number of benzene rings is 3. The first-order valence-electron chi connectivity index (χ1n) is 11.9. The van der Waals surface area contributed by atoms with Crippen molar-refractivity contribution < 1.29 is 23.5 Å². The van der Waals surface area contributed by atoms with E-state index >= 15 is 0 Å². The molecule has 1 aliphatic heterocycles. The summed E-state index contributed by atoms with van der Waals surface area (Å²) in [5, 5.41) is 11.8. The van der Waals surface area contributed by atoms with Crippen molar-refractivity contribution in [1.82, 2.24) is 9.97 Å². The van der Waals surface area contributed by atoms with E-state index in [4.69, 9.17) is 0 Å². The molecular weight excluding hydrogens is 540 g/mol. The lowest BCUT2D eigenvalue weighted by molar-refractivity contribution is -0.117. The van der Waals surface area contributed by atoms with Gasteiger partial charge in [0, 0.05) is 11.6 Å². The number of halogens is 2. The van der Waals surface area contributed by atoms with Gasteiger partial charge in [-0.2, -0.15) is 0 Å². The number of carbonyl (C=O) groups is 2. The van der Waals surface area contributed by atoms with Crippen LogP contribution >= 0.6 is 22.7 Å². The molecule has 0 saturated carbocycles. The van der Waals surface area contributed by atoms with Crippen molar-refractivity contribution in [3.63, 3.8) is 0 Å². The number of rotatable bonds is 5. The van der Waals surface area contributed by atoms with Crippen LogP contribution in [0.2, 0.25) is 0 Å². The number of ketones is 1. The fourth-order valence-electron chi connectivity index (χ4n) is 4.67. The second-order valence-electron chi connectivity index (χ2n) is 9.11. The minimum atomic E-state index is -1.04. The number of Topliss-reactive ketones (excluding diaryl/α,β-unsaturated/α-hetero) is 1. The van der Waals surface area contributed by atoms with Gasteiger partial charge in [-0.05, 0) is 25.5 Å². The Labute approximate surface area is 229 Å². The van der Waals surface area contributed by atoms with E-state index in [9.17, 15) is 23.5 Å². The first-order chi connectivity index (χ1) is 18.7. The van der Waals surface area contributed by atoms with Crippen molar-refractivity contribution in [2.24, 2.45) is 0 Å². The number of aliphatic hydroxyl groups is 1. The van der Waals surface area contributed by atoms with E-state index < -0.39 is 35.1 Å². The SMILES string of the molecule is Cc1cccc(C2C(C(=O)c3sc(-c4ccccc4)nc3C)=C(O)C(=O)N2c2nc3c(F)cc(F)cc3s2)c1. The monoisotopic (exact) mass is 559 g/mol. The number of aryl methyl sites for hydroxylation is 2. The summed E-state index contributed by atoms with van der Waals surface area (Å²) in [5.74, 6) is -3.74. The Morgan fingerprint density at radius 3 is 2.49 bits per heavy atom. The number of aliphatic hydroxyl groups excluding tert-OH is 1. The zero-order chi connectivity index (χ0) is 27.4. The number of hydrogen-bond acceptors (Lipinski definition) is 7. The smallest absolute Gasteiger partial charge is 0.296 e. The molecule has 0 saturated heterocycles. The molecule has 2 aromatic heterocycles. The fourth-order valence-corrected chi connectivity index (χ4v) is 6.73. The van der Waals surface area contributed by atoms with Crippen molar-refractivity contribution in [2.45, 2.75) is 19.9 Å². The lowest BCUT2D eigenvalue weighted by Gasteiger charge is -2.24. The van der Waals surface area contributed by atoms with E-state index in [1.165, 1.54) is 16.2 Å². The van der Waals surface area contributed by atoms with Crippen molar-refractivity contribution in [2.75, 3.05) is 4.90 Å². The van der Waals surface area contributed by atoms with Crippen molar-refractivity contribution >= 4 is 49.7 Å². The average Bonchev–Trinajstić information content (AvgIpc) is 3.58. The Bertz CT molecular complexity index is 1830. The van der Waals surface area contributed by atoms with Gasteiger partial charge in [0.05, 0.1) is 26.9 Å². The number of aromatic nitrogens is 2. The van der Waals surface area contributed by atoms with Crippen molar-refractivity contribution in [1.29, 1.82) is 0 Å². The molecule has 10 heteroatoms. The van der Waals surface area contributed by atoms with Gasteiger partial charge >= 0.3 is 0 Å². The molecule has 0 bridgehead atoms. The molecule has 3 aromatic carbocycles. The Kier molecular flexibility index (Phi) is 6.08. The van der Waals surface area contributed by atoms with Crippen LogP contribution in [0.25, 0.3) is 20.8 Å². The molecule has 1 N–H and O–H groups in total. The molecule has 0 spiro atoms. The third-order valence-electron chi connectivity index (χ3n) is 6.44. The van der Waals surface area contributed by atoms with Gasteiger partial charge < -0.3 is 5.11 Å². The highest BCUT2D eigenvalue weighted by atomic mass is 32.1. The van der Waals surface area contributed by atoms with Crippen LogP contribution < -0.4 is 4.90 Å². The predicted octanol–water partition coefficient (Wildman–Crippen LogP) is 7.10. The first-order valence-corrected chi connectivity index (χ1v) is 13.5. The van der Waals surface area contributed by atoms with E-state index in [1.54, 1.807) is 25.1 Å². The van der Waals surface area contributed by atoms with Crippen LogP contribution in [0.4, 0.5) is 13.9 Å². The molecule has 3 heterocycles. The van der Waals surface area contributed by atoms with Crippen LogP contribution in [0.3, 0.4) is 0 Å². The summed E-state index contributed by atoms with van der Waals surface area (Å²) >= 11 is 2.08. The minimum Gasteiger partial charge on any atom is -0.503 e. The molecule has 6 rings (SSSR count). The normalized spacial score (nSPS) is 15.5. The molecule has 1 aliphatic rings. The number of hydrogen-bond donors (Lipinski definition) is 1. The van der Waals surface area contributed by atoms with E-state index in [0.29, 0.717) is 21.1 Å². The fraction of sp³-hybridized carbons (Fsp3) is 0.103. The summed E-state index contributed by atoms with van der Waals surface area (Å²) in [6.45, 7) is 3.57. The quantitative estimate of drug-likeness (QED) is 0.232. The first kappa shape index (κ1) is 25.0. The Morgan fingerprint density at radius 1 is 0.974 bits per heavy atom. The van der Waals surface area contributed by atoms with Gasteiger partial charge in [0.15, 0.2) is 16.7 Å².